The summed E-state index contributed by atoms with van der Waals surface area (Å²) >= 11 is 0. The van der Waals surface area contributed by atoms with Crippen LogP contribution in [0.2, 0.25) is 0 Å². The minimum Gasteiger partial charge on any atom is -0.508 e. The number of hydrogen-bond acceptors (Lipinski definition) is 5. The molecule has 1 aliphatic heterocycles. The summed E-state index contributed by atoms with van der Waals surface area (Å²) < 4.78 is 28.1. The first kappa shape index (κ1) is 30.9. The second-order valence-corrected chi connectivity index (χ2v) is 11.9. The van der Waals surface area contributed by atoms with Crippen LogP contribution in [0.5, 0.6) is 5.75 Å². The van der Waals surface area contributed by atoms with Crippen molar-refractivity contribution in [3.05, 3.63) is 102 Å². The van der Waals surface area contributed by atoms with Crippen molar-refractivity contribution in [2.45, 2.75) is 44.4 Å². The second kappa shape index (κ2) is 13.1. The number of halogens is 2. The van der Waals surface area contributed by atoms with Crippen molar-refractivity contribution in [3.8, 4) is 16.9 Å². The molecule has 1 aliphatic carbocycles. The van der Waals surface area contributed by atoms with E-state index in [9.17, 15) is 28.3 Å². The number of rotatable bonds is 9. The summed E-state index contributed by atoms with van der Waals surface area (Å²) in [7, 11) is 0. The molecule has 0 radical (unpaired) electrons. The number of allylic oxidation sites excluding steroid dienone is 1. The number of aromatic hydroxyl groups is 1. The smallest absolute Gasteiger partial charge is 0.270 e. The quantitative estimate of drug-likeness (QED) is 0.221. The van der Waals surface area contributed by atoms with Gasteiger partial charge in [0.2, 0.25) is 11.8 Å². The lowest BCUT2D eigenvalue weighted by molar-refractivity contribution is -0.138. The van der Waals surface area contributed by atoms with Gasteiger partial charge in [-0.15, -0.1) is 0 Å². The molecule has 10 heteroatoms. The number of nitrogens with zero attached hydrogens (tertiary/aromatic N) is 2. The molecule has 46 heavy (non-hydrogen) atoms. The molecule has 3 atom stereocenters. The van der Waals surface area contributed by atoms with E-state index < -0.39 is 48.3 Å². The Balaban J connectivity index is 1.14. The highest BCUT2D eigenvalue weighted by atomic mass is 19.1. The third-order valence-corrected chi connectivity index (χ3v) is 8.42. The van der Waals surface area contributed by atoms with Crippen LogP contribution in [0.15, 0.2) is 78.9 Å². The van der Waals surface area contributed by atoms with Gasteiger partial charge >= 0.3 is 0 Å². The lowest BCUT2D eigenvalue weighted by Crippen LogP contribution is -2.49. The Labute approximate surface area is 265 Å². The van der Waals surface area contributed by atoms with Gasteiger partial charge in [0.05, 0.1) is 24.6 Å². The van der Waals surface area contributed by atoms with E-state index in [-0.39, 0.29) is 24.4 Å². The Morgan fingerprint density at radius 2 is 1.85 bits per heavy atom. The second-order valence-electron chi connectivity index (χ2n) is 11.9. The highest BCUT2D eigenvalue weighted by Crippen LogP contribution is 2.33. The predicted molar refractivity (Wildman–Crippen MR) is 171 cm³/mol. The molecule has 1 aromatic heterocycles. The average molecular weight is 625 g/mol. The van der Waals surface area contributed by atoms with Crippen LogP contribution >= 0.6 is 0 Å². The van der Waals surface area contributed by atoms with E-state index in [0.29, 0.717) is 16.8 Å². The molecule has 2 heterocycles. The van der Waals surface area contributed by atoms with Gasteiger partial charge in [-0.3, -0.25) is 14.4 Å². The average Bonchev–Trinajstić information content (AvgIpc) is 3.80. The molecule has 8 nitrogen and oxygen atoms in total. The molecule has 6 rings (SSSR count). The summed E-state index contributed by atoms with van der Waals surface area (Å²) in [6.45, 7) is 1.13. The molecule has 2 fully saturated rings. The van der Waals surface area contributed by atoms with Gasteiger partial charge in [0.1, 0.15) is 29.5 Å². The number of benzene rings is 3. The van der Waals surface area contributed by atoms with Crippen LogP contribution in [-0.4, -0.2) is 58.0 Å². The molecule has 0 spiro atoms. The van der Waals surface area contributed by atoms with E-state index >= 15 is 0 Å². The number of phenolic OH excluding ortho intramolecular Hbond substituents is 1. The van der Waals surface area contributed by atoms with Gasteiger partial charge in [-0.2, -0.15) is 0 Å². The Hall–Kier alpha value is -5.12. The van der Waals surface area contributed by atoms with Crippen molar-refractivity contribution in [2.75, 3.05) is 13.1 Å². The monoisotopic (exact) mass is 624 g/mol. The van der Waals surface area contributed by atoms with Crippen LogP contribution in [0.3, 0.4) is 0 Å². The van der Waals surface area contributed by atoms with E-state index in [1.807, 2.05) is 31.2 Å². The van der Waals surface area contributed by atoms with Crippen LogP contribution in [0.25, 0.3) is 28.1 Å². The standard InChI is InChI=1S/C36H34F2N4O4/c1-21(30-17-25(24-3-2-4-29(43)16-24)10-9-23(30)8-7-22-5-6-22)40-36(46)33-18-28(38)20-42(33)34(44)19-39-35(45)32-13-11-26-15-27(37)12-14-31(26)41-32/h2-4,7-17,21-22,28,33,43H,5-6,18-20H2,1H3,(H,39,45)(H,40,46)/b8-7+/t21-,28+,33-/m0/s1. The number of pyridine rings is 1. The number of nitrogens with one attached hydrogen (secondary N) is 2. The Morgan fingerprint density at radius 1 is 1.04 bits per heavy atom. The van der Waals surface area contributed by atoms with Crippen molar-refractivity contribution in [1.29, 1.82) is 0 Å². The largest absolute Gasteiger partial charge is 0.508 e. The molecule has 4 aromatic rings. The van der Waals surface area contributed by atoms with Crippen LogP contribution < -0.4 is 10.6 Å². The fourth-order valence-corrected chi connectivity index (χ4v) is 5.76. The Kier molecular flexibility index (Phi) is 8.78. The number of carbonyl (C=O) groups is 3. The predicted octanol–water partition coefficient (Wildman–Crippen LogP) is 5.72. The highest BCUT2D eigenvalue weighted by molar-refractivity contribution is 5.97. The lowest BCUT2D eigenvalue weighted by Gasteiger charge is -2.26. The van der Waals surface area contributed by atoms with E-state index in [4.69, 9.17) is 0 Å². The van der Waals surface area contributed by atoms with E-state index in [0.717, 1.165) is 35.1 Å². The van der Waals surface area contributed by atoms with Gasteiger partial charge < -0.3 is 20.6 Å². The summed E-state index contributed by atoms with van der Waals surface area (Å²) in [6.07, 6.45) is 4.97. The maximum atomic E-state index is 14.6. The number of likely N-dealkylation sites (tertiary alicyclic amines) is 1. The number of alkyl halides is 1. The van der Waals surface area contributed by atoms with Crippen LogP contribution in [0, 0.1) is 11.7 Å². The van der Waals surface area contributed by atoms with Crippen molar-refractivity contribution in [2.24, 2.45) is 5.92 Å². The Morgan fingerprint density at radius 3 is 2.63 bits per heavy atom. The number of fused-ring (bicyclic) bond motifs is 1. The summed E-state index contributed by atoms with van der Waals surface area (Å²) in [5.41, 5.74) is 3.92. The number of aromatic nitrogens is 1. The molecule has 1 saturated heterocycles. The molecule has 0 bridgehead atoms. The van der Waals surface area contributed by atoms with Gasteiger partial charge in [-0.1, -0.05) is 42.5 Å². The molecular formula is C36H34F2N4O4. The van der Waals surface area contributed by atoms with Crippen molar-refractivity contribution in [3.63, 3.8) is 0 Å². The summed E-state index contributed by atoms with van der Waals surface area (Å²) in [4.78, 5) is 44.8. The molecule has 1 saturated carbocycles. The Bertz CT molecular complexity index is 1840. The molecule has 3 N–H and O–H groups in total. The van der Waals surface area contributed by atoms with Gasteiger partial charge in [-0.25, -0.2) is 13.8 Å². The van der Waals surface area contributed by atoms with Gasteiger partial charge in [0.25, 0.3) is 5.91 Å². The first-order chi connectivity index (χ1) is 22.1. The van der Waals surface area contributed by atoms with Crippen molar-refractivity contribution >= 4 is 34.7 Å². The third kappa shape index (κ3) is 7.06. The van der Waals surface area contributed by atoms with Crippen LogP contribution in [0.4, 0.5) is 8.78 Å². The zero-order valence-electron chi connectivity index (χ0n) is 25.3. The first-order valence-electron chi connectivity index (χ1n) is 15.3. The number of carbonyl (C=O) groups excluding carboxylic acids is 3. The summed E-state index contributed by atoms with van der Waals surface area (Å²) in [5.74, 6) is -1.44. The maximum Gasteiger partial charge on any atom is 0.270 e. The topological polar surface area (TPSA) is 112 Å². The minimum atomic E-state index is -1.39. The molecule has 3 amide bonds. The SMILES string of the molecule is C[C@H](NC(=O)[C@@H]1C[C@@H](F)CN1C(=O)CNC(=O)c1ccc2cc(F)ccc2n1)c1cc(-c2cccc(O)c2)ccc1/C=C/C1CC1. The first-order valence-corrected chi connectivity index (χ1v) is 15.3. The van der Waals surface area contributed by atoms with Gasteiger partial charge in [0, 0.05) is 11.8 Å². The van der Waals surface area contributed by atoms with Crippen molar-refractivity contribution in [1.82, 2.24) is 20.5 Å². The summed E-state index contributed by atoms with van der Waals surface area (Å²) in [6, 6.07) is 18.3. The summed E-state index contributed by atoms with van der Waals surface area (Å²) in [5, 5.41) is 16.0. The molecular weight excluding hydrogens is 590 g/mol. The number of phenols is 1. The van der Waals surface area contributed by atoms with Gasteiger partial charge in [-0.05, 0) is 90.4 Å². The van der Waals surface area contributed by atoms with E-state index in [1.165, 1.54) is 29.2 Å². The van der Waals surface area contributed by atoms with Gasteiger partial charge in [0.15, 0.2) is 0 Å². The van der Waals surface area contributed by atoms with E-state index in [2.05, 4.69) is 27.8 Å². The number of amides is 3. The lowest BCUT2D eigenvalue weighted by atomic mass is 9.94. The van der Waals surface area contributed by atoms with Crippen LogP contribution in [0.1, 0.15) is 53.8 Å². The number of hydrogen-bond donors (Lipinski definition) is 3. The maximum absolute atomic E-state index is 14.6. The van der Waals surface area contributed by atoms with E-state index in [1.54, 1.807) is 24.3 Å². The molecule has 2 aliphatic rings. The zero-order valence-corrected chi connectivity index (χ0v) is 25.3. The zero-order chi connectivity index (χ0) is 32.4. The van der Waals surface area contributed by atoms with Crippen LogP contribution in [-0.2, 0) is 9.59 Å². The normalized spacial score (nSPS) is 18.5. The fourth-order valence-electron chi connectivity index (χ4n) is 5.76. The molecule has 236 valence electrons. The van der Waals surface area contributed by atoms with Crippen molar-refractivity contribution < 1.29 is 28.3 Å². The molecule has 3 aromatic carbocycles. The highest BCUT2D eigenvalue weighted by Gasteiger charge is 2.40. The fraction of sp³-hybridized carbons (Fsp3) is 0.278. The molecule has 0 unspecified atom stereocenters. The third-order valence-electron chi connectivity index (χ3n) is 8.42. The minimum absolute atomic E-state index is 0.0410.